The van der Waals surface area contributed by atoms with Gasteiger partial charge >= 0.3 is 6.09 Å². The molecule has 12 heteroatoms. The van der Waals surface area contributed by atoms with E-state index in [-0.39, 0.29) is 63.0 Å². The van der Waals surface area contributed by atoms with Crippen LogP contribution in [0.3, 0.4) is 0 Å². The normalized spacial score (nSPS) is 24.0. The van der Waals surface area contributed by atoms with Crippen LogP contribution in [0.25, 0.3) is 0 Å². The van der Waals surface area contributed by atoms with Gasteiger partial charge in [0.1, 0.15) is 41.4 Å². The van der Waals surface area contributed by atoms with Crippen molar-refractivity contribution in [3.63, 3.8) is 0 Å². The first-order valence-corrected chi connectivity index (χ1v) is 20.6. The molecular weight excluding hydrogens is 759 g/mol. The summed E-state index contributed by atoms with van der Waals surface area (Å²) < 4.78 is 54.8. The van der Waals surface area contributed by atoms with Gasteiger partial charge in [-0.2, -0.15) is 0 Å². The molecule has 0 bridgehead atoms. The van der Waals surface area contributed by atoms with Crippen molar-refractivity contribution in [1.82, 2.24) is 4.90 Å². The Morgan fingerprint density at radius 2 is 1.75 bits per heavy atom. The number of halogens is 2. The number of oxime groups is 1. The molecule has 1 saturated carbocycles. The van der Waals surface area contributed by atoms with Gasteiger partial charge in [-0.3, -0.25) is 4.90 Å². The minimum atomic E-state index is -1.52. The van der Waals surface area contributed by atoms with Crippen LogP contribution >= 0.6 is 0 Å². The van der Waals surface area contributed by atoms with Gasteiger partial charge in [-0.25, -0.2) is 13.6 Å². The van der Waals surface area contributed by atoms with Crippen LogP contribution in [0.15, 0.2) is 96.2 Å². The fourth-order valence-electron chi connectivity index (χ4n) is 8.91. The van der Waals surface area contributed by atoms with Crippen LogP contribution in [0.2, 0.25) is 0 Å². The van der Waals surface area contributed by atoms with E-state index in [9.17, 15) is 23.8 Å². The van der Waals surface area contributed by atoms with Crippen LogP contribution in [-0.2, 0) is 27.5 Å². The first-order chi connectivity index (χ1) is 28.4. The molecule has 1 heterocycles. The number of fused-ring (bicyclic) bond motifs is 2. The van der Waals surface area contributed by atoms with Crippen LogP contribution in [0.4, 0.5) is 13.6 Å². The average molecular weight is 817 g/mol. The smallest absolute Gasteiger partial charge is 0.410 e. The van der Waals surface area contributed by atoms with Gasteiger partial charge in [0.05, 0.1) is 25.3 Å². The molecule has 10 nitrogen and oxygen atoms in total. The maximum atomic E-state index is 14.7. The van der Waals surface area contributed by atoms with Crippen LogP contribution in [0, 0.1) is 29.4 Å². The third-order valence-electron chi connectivity index (χ3n) is 11.5. The second-order valence-corrected chi connectivity index (χ2v) is 16.6. The average Bonchev–Trinajstić information content (AvgIpc) is 3.22. The van der Waals surface area contributed by atoms with Crippen LogP contribution in [0.5, 0.6) is 11.5 Å². The number of aliphatic hydroxyl groups is 2. The molecule has 0 radical (unpaired) electrons. The van der Waals surface area contributed by atoms with Gasteiger partial charge in [-0.1, -0.05) is 60.5 Å². The monoisotopic (exact) mass is 816 g/mol. The molecule has 0 saturated heterocycles. The Balaban J connectivity index is 1.59. The largest absolute Gasteiger partial charge is 0.489 e. The van der Waals surface area contributed by atoms with Gasteiger partial charge in [-0.05, 0) is 106 Å². The first-order valence-electron chi connectivity index (χ1n) is 20.6. The van der Waals surface area contributed by atoms with Gasteiger partial charge in [0, 0.05) is 43.2 Å². The van der Waals surface area contributed by atoms with Crippen molar-refractivity contribution in [2.24, 2.45) is 22.9 Å². The van der Waals surface area contributed by atoms with E-state index in [2.05, 4.69) is 12.7 Å². The van der Waals surface area contributed by atoms with Crippen molar-refractivity contribution in [3.05, 3.63) is 119 Å². The van der Waals surface area contributed by atoms with Gasteiger partial charge in [0.15, 0.2) is 0 Å². The zero-order chi connectivity index (χ0) is 42.2. The molecule has 1 fully saturated rings. The molecule has 3 aromatic carbocycles. The lowest BCUT2D eigenvalue weighted by Gasteiger charge is -2.59. The summed E-state index contributed by atoms with van der Waals surface area (Å²) >= 11 is 0. The van der Waals surface area contributed by atoms with E-state index in [4.69, 9.17) is 28.9 Å². The number of carbonyl (C=O) groups is 1. The Labute approximate surface area is 346 Å². The molecule has 0 unspecified atom stereocenters. The fraction of sp³-hybridized carbons (Fsp3) is 0.489. The number of carbonyl (C=O) groups excluding carboxylic acids is 1. The number of allylic oxidation sites excluding steroid dienone is 1. The van der Waals surface area contributed by atoms with E-state index in [1.54, 1.807) is 47.4 Å². The molecule has 6 rings (SSSR count). The van der Waals surface area contributed by atoms with Crippen molar-refractivity contribution in [2.75, 3.05) is 26.9 Å². The maximum absolute atomic E-state index is 14.7. The Hall–Kier alpha value is -4.78. The molecule has 59 heavy (non-hydrogen) atoms. The zero-order valence-electron chi connectivity index (χ0n) is 34.6. The van der Waals surface area contributed by atoms with Crippen LogP contribution in [0.1, 0.15) is 88.3 Å². The molecule has 0 aromatic heterocycles. The van der Waals surface area contributed by atoms with Gasteiger partial charge in [0.25, 0.3) is 0 Å². The predicted molar refractivity (Wildman–Crippen MR) is 221 cm³/mol. The summed E-state index contributed by atoms with van der Waals surface area (Å²) in [6.45, 7) is 10.0. The van der Waals surface area contributed by atoms with Crippen molar-refractivity contribution >= 4 is 11.8 Å². The summed E-state index contributed by atoms with van der Waals surface area (Å²) in [5.74, 6) is -2.07. The molecule has 0 spiro atoms. The highest BCUT2D eigenvalue weighted by Crippen LogP contribution is 2.62. The highest BCUT2D eigenvalue weighted by molar-refractivity contribution is 6.03. The highest BCUT2D eigenvalue weighted by Gasteiger charge is 2.65. The van der Waals surface area contributed by atoms with E-state index in [1.165, 1.54) is 25.3 Å². The second-order valence-electron chi connectivity index (χ2n) is 16.6. The number of methoxy groups -OCH3 is 1. The highest BCUT2D eigenvalue weighted by atomic mass is 19.1. The standard InChI is InChI=1S/C47H58F2N2O8/c1-6-25-57-47-42(51(45(54)55-5)29-31-17-19-34(48)20-18-31)28-40(50-59-46(2,3)4)37-26-32(13-9-11-23-52)36(15-10-12-24-53)43(44(37)47)38-27-35(21-22-41(38)58-47)56-30-33-14-7-8-16-39(33)49/h6-8,14,16-22,26-27,32,36,42-44,52-53H,1,9-13,15,23-25,28-30H2,2-5H3/t32-,36+,42-,43+,44+,47+/m0/s1. The number of aliphatic hydroxyl groups excluding tert-OH is 2. The van der Waals surface area contributed by atoms with E-state index in [0.717, 1.165) is 36.8 Å². The first kappa shape index (κ1) is 43.8. The minimum Gasteiger partial charge on any atom is -0.489 e. The van der Waals surface area contributed by atoms with Gasteiger partial charge in [-0.15, -0.1) is 6.58 Å². The molecule has 1 amide bonds. The lowest BCUT2D eigenvalue weighted by atomic mass is 9.55. The number of amides is 1. The molecule has 6 atom stereocenters. The Morgan fingerprint density at radius 1 is 1.02 bits per heavy atom. The van der Waals surface area contributed by atoms with Crippen LogP contribution < -0.4 is 9.47 Å². The lowest BCUT2D eigenvalue weighted by Crippen LogP contribution is -2.70. The van der Waals surface area contributed by atoms with E-state index < -0.39 is 35.3 Å². The third-order valence-corrected chi connectivity index (χ3v) is 11.5. The van der Waals surface area contributed by atoms with Crippen molar-refractivity contribution in [2.45, 2.75) is 102 Å². The fourth-order valence-corrected chi connectivity index (χ4v) is 8.91. The number of benzene rings is 3. The number of unbranched alkanes of at least 4 members (excludes halogenated alkanes) is 2. The summed E-state index contributed by atoms with van der Waals surface area (Å²) in [5, 5.41) is 24.6. The summed E-state index contributed by atoms with van der Waals surface area (Å²) in [6, 6.07) is 17.2. The van der Waals surface area contributed by atoms with Crippen molar-refractivity contribution in [1.29, 1.82) is 0 Å². The predicted octanol–water partition coefficient (Wildman–Crippen LogP) is 9.24. The number of ether oxygens (including phenoxy) is 4. The quantitative estimate of drug-likeness (QED) is 0.0742. The zero-order valence-corrected chi connectivity index (χ0v) is 34.6. The summed E-state index contributed by atoms with van der Waals surface area (Å²) in [4.78, 5) is 21.9. The molecule has 3 aromatic rings. The molecular formula is C47H58F2N2O8. The Bertz CT molecular complexity index is 1960. The lowest BCUT2D eigenvalue weighted by molar-refractivity contribution is -0.256. The number of rotatable bonds is 18. The van der Waals surface area contributed by atoms with Gasteiger partial charge in [0.2, 0.25) is 5.79 Å². The number of hydrogen-bond acceptors (Lipinski definition) is 9. The molecule has 2 aliphatic carbocycles. The van der Waals surface area contributed by atoms with E-state index in [0.29, 0.717) is 41.2 Å². The van der Waals surface area contributed by atoms with E-state index in [1.807, 2.05) is 32.9 Å². The Kier molecular flexibility index (Phi) is 14.5. The Morgan fingerprint density at radius 3 is 2.42 bits per heavy atom. The molecule has 3 aliphatic rings. The number of nitrogens with zero attached hydrogens (tertiary/aromatic N) is 2. The second kappa shape index (κ2) is 19.5. The molecule has 318 valence electrons. The minimum absolute atomic E-state index is 0.0160. The maximum Gasteiger partial charge on any atom is 0.410 e. The van der Waals surface area contributed by atoms with Gasteiger partial charge < -0.3 is 34.0 Å². The van der Waals surface area contributed by atoms with Crippen LogP contribution in [-0.4, -0.2) is 71.3 Å². The number of hydrogen-bond donors (Lipinski definition) is 2. The SMILES string of the molecule is C=CCO[C@@]12Oc3ccc(OCc4ccccc4F)cc3[C@H]3[C@H](CCCCO)[C@@H](CCCCO)C=C(C(=NOC(C)(C)C)C[C@@H]1N(Cc1ccc(F)cc1)C(=O)OC)[C@H]32. The molecule has 2 N–H and O–H groups in total. The summed E-state index contributed by atoms with van der Waals surface area (Å²) in [6.07, 6.45) is 7.77. The van der Waals surface area contributed by atoms with Crippen molar-refractivity contribution < 1.29 is 47.6 Å². The van der Waals surface area contributed by atoms with Crippen molar-refractivity contribution in [3.8, 4) is 11.5 Å². The topological polar surface area (TPSA) is 119 Å². The third kappa shape index (κ3) is 9.99. The summed E-state index contributed by atoms with van der Waals surface area (Å²) in [7, 11) is 1.32. The van der Waals surface area contributed by atoms with E-state index >= 15 is 0 Å². The summed E-state index contributed by atoms with van der Waals surface area (Å²) in [5.41, 5.74) is 2.82. The molecule has 1 aliphatic heterocycles.